The Labute approximate surface area is 129 Å². The molecule has 1 fully saturated rings. The maximum absolute atomic E-state index is 5.87. The molecule has 1 heterocycles. The summed E-state index contributed by atoms with van der Waals surface area (Å²) >= 11 is 9.52. The standard InChI is InChI=1S/C15H22BrClN2/c1-3-19-8-4-5-13(19)11-18(2)15-7-6-12(10-17)9-14(15)16/h6-7,9,13H,3-5,8,10-11H2,1-2H3. The van der Waals surface area contributed by atoms with Crippen molar-refractivity contribution in [2.24, 2.45) is 0 Å². The van der Waals surface area contributed by atoms with Gasteiger partial charge in [-0.2, -0.15) is 0 Å². The maximum Gasteiger partial charge on any atom is 0.0508 e. The first kappa shape index (κ1) is 15.1. The summed E-state index contributed by atoms with van der Waals surface area (Å²) in [4.78, 5) is 4.93. The van der Waals surface area contributed by atoms with Gasteiger partial charge in [-0.05, 0) is 59.6 Å². The average Bonchev–Trinajstić information content (AvgIpc) is 2.85. The number of likely N-dealkylation sites (N-methyl/N-ethyl adjacent to an activating group) is 2. The van der Waals surface area contributed by atoms with E-state index in [1.165, 1.54) is 25.1 Å². The molecule has 1 aromatic carbocycles. The molecule has 2 nitrogen and oxygen atoms in total. The van der Waals surface area contributed by atoms with Crippen molar-refractivity contribution in [2.45, 2.75) is 31.7 Å². The molecule has 0 aliphatic carbocycles. The van der Waals surface area contributed by atoms with Gasteiger partial charge in [-0.25, -0.2) is 0 Å². The normalized spacial score (nSPS) is 19.9. The van der Waals surface area contributed by atoms with Crippen LogP contribution in [0, 0.1) is 0 Å². The van der Waals surface area contributed by atoms with E-state index in [4.69, 9.17) is 11.6 Å². The summed E-state index contributed by atoms with van der Waals surface area (Å²) in [6, 6.07) is 7.07. The van der Waals surface area contributed by atoms with E-state index in [-0.39, 0.29) is 0 Å². The van der Waals surface area contributed by atoms with Gasteiger partial charge in [0.1, 0.15) is 0 Å². The Morgan fingerprint density at radius 2 is 2.26 bits per heavy atom. The van der Waals surface area contributed by atoms with E-state index in [2.05, 4.69) is 57.9 Å². The molecule has 1 aromatic rings. The summed E-state index contributed by atoms with van der Waals surface area (Å²) in [5, 5.41) is 0. The highest BCUT2D eigenvalue weighted by Crippen LogP contribution is 2.28. The van der Waals surface area contributed by atoms with E-state index in [0.717, 1.165) is 23.1 Å². The lowest BCUT2D eigenvalue weighted by molar-refractivity contribution is 0.270. The van der Waals surface area contributed by atoms with E-state index >= 15 is 0 Å². The molecule has 0 bridgehead atoms. The fraction of sp³-hybridized carbons (Fsp3) is 0.600. The summed E-state index contributed by atoms with van der Waals surface area (Å²) in [5.74, 6) is 0.564. The van der Waals surface area contributed by atoms with Crippen molar-refractivity contribution >= 4 is 33.2 Å². The van der Waals surface area contributed by atoms with Gasteiger partial charge in [-0.1, -0.05) is 13.0 Å². The summed E-state index contributed by atoms with van der Waals surface area (Å²) in [5.41, 5.74) is 2.40. The summed E-state index contributed by atoms with van der Waals surface area (Å²) in [6.07, 6.45) is 2.65. The molecule has 0 saturated carbocycles. The molecule has 1 atom stereocenters. The number of rotatable bonds is 5. The third-order valence-corrected chi connectivity index (χ3v) is 4.91. The van der Waals surface area contributed by atoms with Gasteiger partial charge in [0.2, 0.25) is 0 Å². The van der Waals surface area contributed by atoms with Crippen LogP contribution in [0.15, 0.2) is 22.7 Å². The molecule has 0 radical (unpaired) electrons. The lowest BCUT2D eigenvalue weighted by Crippen LogP contribution is -2.38. The van der Waals surface area contributed by atoms with Crippen LogP contribution in [0.3, 0.4) is 0 Å². The van der Waals surface area contributed by atoms with Crippen LogP contribution in [0.4, 0.5) is 5.69 Å². The van der Waals surface area contributed by atoms with Gasteiger partial charge in [-0.3, -0.25) is 4.90 Å². The highest BCUT2D eigenvalue weighted by molar-refractivity contribution is 9.10. The van der Waals surface area contributed by atoms with Gasteiger partial charge < -0.3 is 4.90 Å². The van der Waals surface area contributed by atoms with Crippen molar-refractivity contribution in [3.05, 3.63) is 28.2 Å². The zero-order valence-electron chi connectivity index (χ0n) is 11.7. The Morgan fingerprint density at radius 1 is 1.47 bits per heavy atom. The first-order chi connectivity index (χ1) is 9.15. The first-order valence-electron chi connectivity index (χ1n) is 6.95. The lowest BCUT2D eigenvalue weighted by Gasteiger charge is -2.29. The molecular formula is C15H22BrClN2. The molecule has 0 amide bonds. The number of likely N-dealkylation sites (tertiary alicyclic amines) is 1. The van der Waals surface area contributed by atoms with Crippen LogP contribution < -0.4 is 4.90 Å². The van der Waals surface area contributed by atoms with Crippen LogP contribution in [0.25, 0.3) is 0 Å². The van der Waals surface area contributed by atoms with Crippen molar-refractivity contribution in [1.29, 1.82) is 0 Å². The van der Waals surface area contributed by atoms with E-state index in [1.807, 2.05) is 0 Å². The third-order valence-electron chi connectivity index (χ3n) is 3.97. The highest BCUT2D eigenvalue weighted by atomic mass is 79.9. The first-order valence-corrected chi connectivity index (χ1v) is 8.28. The molecule has 2 rings (SSSR count). The number of alkyl halides is 1. The van der Waals surface area contributed by atoms with Crippen LogP contribution in [0.2, 0.25) is 0 Å². The molecular weight excluding hydrogens is 324 g/mol. The second-order valence-electron chi connectivity index (χ2n) is 5.22. The quantitative estimate of drug-likeness (QED) is 0.741. The molecule has 4 heteroatoms. The number of hydrogen-bond donors (Lipinski definition) is 0. The molecule has 0 spiro atoms. The smallest absolute Gasteiger partial charge is 0.0508 e. The number of anilines is 1. The lowest BCUT2D eigenvalue weighted by atomic mass is 10.1. The average molecular weight is 346 g/mol. The van der Waals surface area contributed by atoms with Crippen LogP contribution in [-0.2, 0) is 5.88 Å². The predicted molar refractivity (Wildman–Crippen MR) is 87.2 cm³/mol. The minimum absolute atomic E-state index is 0.564. The van der Waals surface area contributed by atoms with Crippen molar-refractivity contribution in [2.75, 3.05) is 31.6 Å². The van der Waals surface area contributed by atoms with Crippen LogP contribution in [0.1, 0.15) is 25.3 Å². The minimum atomic E-state index is 0.564. The number of benzene rings is 1. The van der Waals surface area contributed by atoms with Gasteiger partial charge in [0.15, 0.2) is 0 Å². The molecule has 1 saturated heterocycles. The molecule has 19 heavy (non-hydrogen) atoms. The van der Waals surface area contributed by atoms with Crippen LogP contribution in [0.5, 0.6) is 0 Å². The Hall–Kier alpha value is -0.250. The zero-order chi connectivity index (χ0) is 13.8. The summed E-state index contributed by atoms with van der Waals surface area (Å²) < 4.78 is 1.13. The van der Waals surface area contributed by atoms with Gasteiger partial charge in [-0.15, -0.1) is 11.6 Å². The predicted octanol–water partition coefficient (Wildman–Crippen LogP) is 4.11. The maximum atomic E-state index is 5.87. The monoisotopic (exact) mass is 344 g/mol. The van der Waals surface area contributed by atoms with Crippen LogP contribution in [-0.4, -0.2) is 37.6 Å². The highest BCUT2D eigenvalue weighted by Gasteiger charge is 2.24. The molecule has 1 aliphatic heterocycles. The van der Waals surface area contributed by atoms with Gasteiger partial charge >= 0.3 is 0 Å². The molecule has 0 aromatic heterocycles. The fourth-order valence-electron chi connectivity index (χ4n) is 2.88. The number of nitrogens with zero attached hydrogens (tertiary/aromatic N) is 2. The fourth-order valence-corrected chi connectivity index (χ4v) is 3.77. The molecule has 106 valence electrons. The Bertz CT molecular complexity index is 425. The Morgan fingerprint density at radius 3 is 2.89 bits per heavy atom. The SMILES string of the molecule is CCN1CCCC1CN(C)c1ccc(CCl)cc1Br. The molecule has 1 aliphatic rings. The number of halogens is 2. The third kappa shape index (κ3) is 3.65. The van der Waals surface area contributed by atoms with E-state index < -0.39 is 0 Å². The van der Waals surface area contributed by atoms with Crippen LogP contribution >= 0.6 is 27.5 Å². The summed E-state index contributed by atoms with van der Waals surface area (Å²) in [6.45, 7) is 5.75. The molecule has 0 N–H and O–H groups in total. The van der Waals surface area contributed by atoms with Gasteiger partial charge in [0.05, 0.1) is 5.69 Å². The van der Waals surface area contributed by atoms with E-state index in [9.17, 15) is 0 Å². The van der Waals surface area contributed by atoms with E-state index in [0.29, 0.717) is 11.9 Å². The van der Waals surface area contributed by atoms with Crippen molar-refractivity contribution in [3.8, 4) is 0 Å². The van der Waals surface area contributed by atoms with Crippen molar-refractivity contribution in [1.82, 2.24) is 4.90 Å². The molecule has 1 unspecified atom stereocenters. The van der Waals surface area contributed by atoms with Gasteiger partial charge in [0, 0.05) is 30.0 Å². The summed E-state index contributed by atoms with van der Waals surface area (Å²) in [7, 11) is 2.17. The van der Waals surface area contributed by atoms with E-state index in [1.54, 1.807) is 0 Å². The Balaban J connectivity index is 2.05. The van der Waals surface area contributed by atoms with Crippen molar-refractivity contribution in [3.63, 3.8) is 0 Å². The Kier molecular flexibility index (Phi) is 5.55. The number of hydrogen-bond acceptors (Lipinski definition) is 2. The minimum Gasteiger partial charge on any atom is -0.372 e. The topological polar surface area (TPSA) is 6.48 Å². The second kappa shape index (κ2) is 6.96. The zero-order valence-corrected chi connectivity index (χ0v) is 14.0. The van der Waals surface area contributed by atoms with Gasteiger partial charge in [0.25, 0.3) is 0 Å². The largest absolute Gasteiger partial charge is 0.372 e. The second-order valence-corrected chi connectivity index (χ2v) is 6.35. The van der Waals surface area contributed by atoms with Crippen molar-refractivity contribution < 1.29 is 0 Å².